The SMILES string of the molecule is N#Cc1ncccc1N1CCS(=O)(=O)CC1CC(=O)O. The van der Waals surface area contributed by atoms with E-state index in [-0.39, 0.29) is 30.2 Å². The fourth-order valence-electron chi connectivity index (χ4n) is 2.29. The molecule has 1 aromatic rings. The number of hydrogen-bond donors (Lipinski definition) is 1. The van der Waals surface area contributed by atoms with Gasteiger partial charge in [-0.3, -0.25) is 4.79 Å². The van der Waals surface area contributed by atoms with E-state index in [1.54, 1.807) is 17.0 Å². The van der Waals surface area contributed by atoms with Gasteiger partial charge >= 0.3 is 5.97 Å². The van der Waals surface area contributed by atoms with Crippen molar-refractivity contribution in [2.24, 2.45) is 0 Å². The molecule has 0 radical (unpaired) electrons. The van der Waals surface area contributed by atoms with Crippen molar-refractivity contribution < 1.29 is 18.3 Å². The van der Waals surface area contributed by atoms with Crippen LogP contribution < -0.4 is 4.90 Å². The molecule has 106 valence electrons. The van der Waals surface area contributed by atoms with E-state index < -0.39 is 21.8 Å². The molecule has 1 fully saturated rings. The van der Waals surface area contributed by atoms with Crippen LogP contribution in [-0.4, -0.2) is 48.6 Å². The Morgan fingerprint density at radius 3 is 3.00 bits per heavy atom. The van der Waals surface area contributed by atoms with Crippen LogP contribution in [0.15, 0.2) is 18.3 Å². The van der Waals surface area contributed by atoms with E-state index in [0.717, 1.165) is 0 Å². The summed E-state index contributed by atoms with van der Waals surface area (Å²) in [6, 6.07) is 4.55. The van der Waals surface area contributed by atoms with Crippen molar-refractivity contribution in [2.75, 3.05) is 23.0 Å². The number of aliphatic carboxylic acids is 1. The van der Waals surface area contributed by atoms with Gasteiger partial charge in [-0.15, -0.1) is 0 Å². The van der Waals surface area contributed by atoms with Crippen LogP contribution in [-0.2, 0) is 14.6 Å². The van der Waals surface area contributed by atoms with Crippen LogP contribution >= 0.6 is 0 Å². The fraction of sp³-hybridized carbons (Fsp3) is 0.417. The van der Waals surface area contributed by atoms with Crippen LogP contribution in [0.25, 0.3) is 0 Å². The summed E-state index contributed by atoms with van der Waals surface area (Å²) < 4.78 is 23.3. The van der Waals surface area contributed by atoms with Gasteiger partial charge < -0.3 is 10.0 Å². The van der Waals surface area contributed by atoms with E-state index in [0.29, 0.717) is 5.69 Å². The van der Waals surface area contributed by atoms with Crippen molar-refractivity contribution in [1.29, 1.82) is 5.26 Å². The Morgan fingerprint density at radius 2 is 2.35 bits per heavy atom. The number of carbonyl (C=O) groups is 1. The Bertz CT molecular complexity index is 666. The molecule has 1 saturated heterocycles. The predicted octanol–water partition coefficient (Wildman–Crippen LogP) is 0.0314. The molecule has 1 N–H and O–H groups in total. The highest BCUT2D eigenvalue weighted by Crippen LogP contribution is 2.25. The molecule has 1 aromatic heterocycles. The number of sulfone groups is 1. The third kappa shape index (κ3) is 3.05. The van der Waals surface area contributed by atoms with Gasteiger partial charge in [0.25, 0.3) is 0 Å². The third-order valence-corrected chi connectivity index (χ3v) is 4.84. The average Bonchev–Trinajstić information content (AvgIpc) is 2.37. The first-order chi connectivity index (χ1) is 9.43. The van der Waals surface area contributed by atoms with Gasteiger partial charge in [-0.25, -0.2) is 13.4 Å². The van der Waals surface area contributed by atoms with Crippen LogP contribution in [0.3, 0.4) is 0 Å². The zero-order valence-electron chi connectivity index (χ0n) is 10.6. The molecule has 0 bridgehead atoms. The van der Waals surface area contributed by atoms with Gasteiger partial charge in [0.05, 0.1) is 29.7 Å². The first kappa shape index (κ1) is 14.3. The number of nitrogens with zero attached hydrogens (tertiary/aromatic N) is 3. The standard InChI is InChI=1S/C12H13N3O4S/c13-7-10-11(2-1-3-14-10)15-4-5-20(18,19)8-9(15)6-12(16)17/h1-3,9H,4-6,8H2,(H,16,17). The zero-order chi connectivity index (χ0) is 14.8. The smallest absolute Gasteiger partial charge is 0.305 e. The second kappa shape index (κ2) is 5.46. The normalized spacial score (nSPS) is 21.1. The highest BCUT2D eigenvalue weighted by molar-refractivity contribution is 7.91. The number of rotatable bonds is 3. The van der Waals surface area contributed by atoms with Gasteiger partial charge in [0.1, 0.15) is 6.07 Å². The van der Waals surface area contributed by atoms with Crippen molar-refractivity contribution in [1.82, 2.24) is 4.98 Å². The summed E-state index contributed by atoms with van der Waals surface area (Å²) in [5.74, 6) is -1.35. The van der Waals surface area contributed by atoms with Gasteiger partial charge in [-0.2, -0.15) is 5.26 Å². The Kier molecular flexibility index (Phi) is 3.90. The minimum Gasteiger partial charge on any atom is -0.481 e. The molecule has 2 heterocycles. The maximum atomic E-state index is 11.7. The highest BCUT2D eigenvalue weighted by Gasteiger charge is 2.33. The number of anilines is 1. The maximum Gasteiger partial charge on any atom is 0.305 e. The first-order valence-electron chi connectivity index (χ1n) is 5.97. The van der Waals surface area contributed by atoms with Gasteiger partial charge in [0, 0.05) is 12.7 Å². The average molecular weight is 295 g/mol. The number of hydrogen-bond acceptors (Lipinski definition) is 6. The fourth-order valence-corrected chi connectivity index (χ4v) is 3.81. The topological polar surface area (TPSA) is 111 Å². The summed E-state index contributed by atoms with van der Waals surface area (Å²) in [5, 5.41) is 18.0. The summed E-state index contributed by atoms with van der Waals surface area (Å²) in [5.41, 5.74) is 0.651. The molecule has 0 amide bonds. The van der Waals surface area contributed by atoms with Crippen LogP contribution in [0.4, 0.5) is 5.69 Å². The molecule has 2 rings (SSSR count). The van der Waals surface area contributed by atoms with Crippen molar-refractivity contribution >= 4 is 21.5 Å². The molecule has 0 aliphatic carbocycles. The van der Waals surface area contributed by atoms with E-state index in [1.807, 2.05) is 6.07 Å². The van der Waals surface area contributed by atoms with Crippen molar-refractivity contribution in [3.05, 3.63) is 24.0 Å². The molecule has 1 aliphatic rings. The van der Waals surface area contributed by atoms with Crippen LogP contribution in [0.5, 0.6) is 0 Å². The summed E-state index contributed by atoms with van der Waals surface area (Å²) in [6.07, 6.45) is 1.17. The molecule has 1 aliphatic heterocycles. The van der Waals surface area contributed by atoms with Crippen molar-refractivity contribution in [3.8, 4) is 6.07 Å². The summed E-state index contributed by atoms with van der Waals surface area (Å²) in [7, 11) is -3.25. The second-order valence-electron chi connectivity index (χ2n) is 4.54. The zero-order valence-corrected chi connectivity index (χ0v) is 11.4. The van der Waals surface area contributed by atoms with Gasteiger partial charge in [0.15, 0.2) is 15.5 Å². The lowest BCUT2D eigenvalue weighted by Crippen LogP contribution is -2.49. The second-order valence-corrected chi connectivity index (χ2v) is 6.77. The lowest BCUT2D eigenvalue weighted by Gasteiger charge is -2.36. The molecule has 0 aromatic carbocycles. The lowest BCUT2D eigenvalue weighted by molar-refractivity contribution is -0.137. The largest absolute Gasteiger partial charge is 0.481 e. The lowest BCUT2D eigenvalue weighted by atomic mass is 10.1. The Labute approximate surface area is 116 Å². The molecule has 1 unspecified atom stereocenters. The van der Waals surface area contributed by atoms with Crippen molar-refractivity contribution in [3.63, 3.8) is 0 Å². The van der Waals surface area contributed by atoms with Crippen LogP contribution in [0.1, 0.15) is 12.1 Å². The number of carboxylic acid groups (broad SMARTS) is 1. The molecular weight excluding hydrogens is 282 g/mol. The predicted molar refractivity (Wildman–Crippen MR) is 71.0 cm³/mol. The Morgan fingerprint density at radius 1 is 1.60 bits per heavy atom. The van der Waals surface area contributed by atoms with Gasteiger partial charge in [-0.1, -0.05) is 0 Å². The molecular formula is C12H13N3O4S. The van der Waals surface area contributed by atoms with Crippen LogP contribution in [0, 0.1) is 11.3 Å². The quantitative estimate of drug-likeness (QED) is 0.837. The number of nitriles is 1. The monoisotopic (exact) mass is 295 g/mol. The van der Waals surface area contributed by atoms with Crippen molar-refractivity contribution in [2.45, 2.75) is 12.5 Å². The summed E-state index contributed by atoms with van der Waals surface area (Å²) in [6.45, 7) is 0.167. The third-order valence-electron chi connectivity index (χ3n) is 3.14. The first-order valence-corrected chi connectivity index (χ1v) is 7.79. The molecule has 20 heavy (non-hydrogen) atoms. The minimum absolute atomic E-state index is 0.0527. The highest BCUT2D eigenvalue weighted by atomic mass is 32.2. The summed E-state index contributed by atoms with van der Waals surface area (Å²) in [4.78, 5) is 16.5. The van der Waals surface area contributed by atoms with Gasteiger partial charge in [0.2, 0.25) is 0 Å². The van der Waals surface area contributed by atoms with Gasteiger partial charge in [-0.05, 0) is 12.1 Å². The van der Waals surface area contributed by atoms with Crippen LogP contribution in [0.2, 0.25) is 0 Å². The van der Waals surface area contributed by atoms with E-state index in [2.05, 4.69) is 4.98 Å². The molecule has 0 saturated carbocycles. The number of aromatic nitrogens is 1. The Hall–Kier alpha value is -2.14. The van der Waals surface area contributed by atoms with E-state index >= 15 is 0 Å². The Balaban J connectivity index is 2.38. The molecule has 1 atom stereocenters. The number of carboxylic acids is 1. The molecule has 7 nitrogen and oxygen atoms in total. The minimum atomic E-state index is -3.25. The molecule has 0 spiro atoms. The molecule has 8 heteroatoms. The van der Waals surface area contributed by atoms with E-state index in [4.69, 9.17) is 10.4 Å². The maximum absolute atomic E-state index is 11.7. The van der Waals surface area contributed by atoms with E-state index in [1.165, 1.54) is 6.20 Å². The summed E-state index contributed by atoms with van der Waals surface area (Å²) >= 11 is 0. The number of pyridine rings is 1. The van der Waals surface area contributed by atoms with E-state index in [9.17, 15) is 13.2 Å².